The largest absolute Gasteiger partial charge is 0.330 e. The summed E-state index contributed by atoms with van der Waals surface area (Å²) in [5.41, 5.74) is 10.5. The Labute approximate surface area is 96.8 Å². The molecule has 1 aromatic rings. The summed E-state index contributed by atoms with van der Waals surface area (Å²) in [4.78, 5) is 0. The Hall–Kier alpha value is -0.830. The first kappa shape index (κ1) is 10.3. The van der Waals surface area contributed by atoms with Crippen molar-refractivity contribution in [3.05, 3.63) is 17.0 Å². The molecule has 0 spiro atoms. The normalized spacial score (nSPS) is 23.3. The molecule has 1 heterocycles. The van der Waals surface area contributed by atoms with Crippen LogP contribution in [-0.4, -0.2) is 16.7 Å². The number of nitrogens with zero attached hydrogens (tertiary/aromatic N) is 1. The van der Waals surface area contributed by atoms with Crippen LogP contribution in [0.4, 0.5) is 0 Å². The molecule has 3 N–H and O–H groups in total. The van der Waals surface area contributed by atoms with Gasteiger partial charge in [0.15, 0.2) is 0 Å². The summed E-state index contributed by atoms with van der Waals surface area (Å²) in [7, 11) is 0. The predicted molar refractivity (Wildman–Crippen MR) is 64.4 cm³/mol. The molecule has 1 saturated carbocycles. The molecule has 0 amide bonds. The third-order valence-corrected chi connectivity index (χ3v) is 4.51. The minimum absolute atomic E-state index is 0.210. The van der Waals surface area contributed by atoms with E-state index in [4.69, 9.17) is 5.73 Å². The molecule has 0 saturated heterocycles. The quantitative estimate of drug-likeness (QED) is 0.800. The summed E-state index contributed by atoms with van der Waals surface area (Å²) in [5, 5.41) is 7.87. The zero-order chi connectivity index (χ0) is 11.0. The summed E-state index contributed by atoms with van der Waals surface area (Å²) in [5.74, 6) is 0. The highest BCUT2D eigenvalue weighted by molar-refractivity contribution is 5.34. The molecule has 0 radical (unpaired) electrons. The SMILES string of the molecule is NCC1(c2n[nH]c3c2CCCC3)CCCC1. The Morgan fingerprint density at radius 2 is 1.88 bits per heavy atom. The average molecular weight is 219 g/mol. The van der Waals surface area contributed by atoms with Crippen LogP contribution < -0.4 is 5.73 Å². The van der Waals surface area contributed by atoms with Gasteiger partial charge in [-0.3, -0.25) is 5.10 Å². The van der Waals surface area contributed by atoms with Crippen LogP contribution in [0.5, 0.6) is 0 Å². The van der Waals surface area contributed by atoms with E-state index in [1.165, 1.54) is 68.3 Å². The Bertz CT molecular complexity index is 375. The van der Waals surface area contributed by atoms with E-state index in [9.17, 15) is 0 Å². The maximum absolute atomic E-state index is 6.04. The number of H-pyrrole nitrogens is 1. The third kappa shape index (κ3) is 1.41. The van der Waals surface area contributed by atoms with Crippen LogP contribution in [0.1, 0.15) is 55.5 Å². The fourth-order valence-corrected chi connectivity index (χ4v) is 3.51. The average Bonchev–Trinajstić information content (AvgIpc) is 2.96. The zero-order valence-electron chi connectivity index (χ0n) is 9.89. The van der Waals surface area contributed by atoms with Crippen molar-refractivity contribution < 1.29 is 0 Å². The number of nitrogens with one attached hydrogen (secondary N) is 1. The van der Waals surface area contributed by atoms with Gasteiger partial charge in [-0.25, -0.2) is 0 Å². The van der Waals surface area contributed by atoms with Crippen LogP contribution in [0.3, 0.4) is 0 Å². The lowest BCUT2D eigenvalue weighted by atomic mass is 9.78. The van der Waals surface area contributed by atoms with Gasteiger partial charge in [-0.2, -0.15) is 5.10 Å². The van der Waals surface area contributed by atoms with Crippen molar-refractivity contribution in [2.24, 2.45) is 5.73 Å². The molecule has 16 heavy (non-hydrogen) atoms. The second kappa shape index (κ2) is 3.88. The molecule has 2 aliphatic rings. The van der Waals surface area contributed by atoms with Crippen LogP contribution in [0.25, 0.3) is 0 Å². The van der Waals surface area contributed by atoms with E-state index in [1.54, 1.807) is 0 Å². The van der Waals surface area contributed by atoms with Gasteiger partial charge in [0.2, 0.25) is 0 Å². The predicted octanol–water partition coefficient (Wildman–Crippen LogP) is 2.06. The number of hydrogen-bond acceptors (Lipinski definition) is 2. The third-order valence-electron chi connectivity index (χ3n) is 4.51. The number of nitrogens with two attached hydrogens (primary N) is 1. The molecule has 88 valence electrons. The van der Waals surface area contributed by atoms with Gasteiger partial charge in [0.05, 0.1) is 5.69 Å². The van der Waals surface area contributed by atoms with Crippen LogP contribution in [-0.2, 0) is 18.3 Å². The van der Waals surface area contributed by atoms with Gasteiger partial charge in [-0.05, 0) is 44.1 Å². The molecule has 1 fully saturated rings. The van der Waals surface area contributed by atoms with E-state index in [0.29, 0.717) is 0 Å². The standard InChI is InChI=1S/C13H21N3/c14-9-13(7-3-4-8-13)12-10-5-1-2-6-11(10)15-16-12/h1-9,14H2,(H,15,16). The second-order valence-electron chi connectivity index (χ2n) is 5.43. The van der Waals surface area contributed by atoms with E-state index < -0.39 is 0 Å². The Morgan fingerprint density at radius 3 is 2.62 bits per heavy atom. The van der Waals surface area contributed by atoms with Crippen molar-refractivity contribution in [1.29, 1.82) is 0 Å². The summed E-state index contributed by atoms with van der Waals surface area (Å²) in [6.07, 6.45) is 10.1. The Kier molecular flexibility index (Phi) is 2.51. The molecule has 3 nitrogen and oxygen atoms in total. The summed E-state index contributed by atoms with van der Waals surface area (Å²) < 4.78 is 0. The van der Waals surface area contributed by atoms with Gasteiger partial charge in [-0.15, -0.1) is 0 Å². The molecule has 0 aliphatic heterocycles. The van der Waals surface area contributed by atoms with Crippen molar-refractivity contribution >= 4 is 0 Å². The van der Waals surface area contributed by atoms with Gasteiger partial charge in [-0.1, -0.05) is 12.8 Å². The number of rotatable bonds is 2. The molecular weight excluding hydrogens is 198 g/mol. The lowest BCUT2D eigenvalue weighted by Crippen LogP contribution is -2.33. The molecule has 0 unspecified atom stereocenters. The molecule has 2 aliphatic carbocycles. The molecule has 3 rings (SSSR count). The Balaban J connectivity index is 2.01. The lowest BCUT2D eigenvalue weighted by molar-refractivity contribution is 0.434. The smallest absolute Gasteiger partial charge is 0.0731 e. The topological polar surface area (TPSA) is 54.7 Å². The van der Waals surface area contributed by atoms with E-state index in [2.05, 4.69) is 10.2 Å². The minimum atomic E-state index is 0.210. The van der Waals surface area contributed by atoms with Crippen molar-refractivity contribution in [1.82, 2.24) is 10.2 Å². The van der Waals surface area contributed by atoms with Gasteiger partial charge in [0.1, 0.15) is 0 Å². The maximum atomic E-state index is 6.04. The van der Waals surface area contributed by atoms with Crippen molar-refractivity contribution in [3.8, 4) is 0 Å². The van der Waals surface area contributed by atoms with E-state index in [0.717, 1.165) is 6.54 Å². The van der Waals surface area contributed by atoms with Crippen LogP contribution in [0, 0.1) is 0 Å². The molecule has 0 atom stereocenters. The molecule has 0 bridgehead atoms. The minimum Gasteiger partial charge on any atom is -0.330 e. The number of aromatic amines is 1. The first-order valence-electron chi connectivity index (χ1n) is 6.62. The summed E-state index contributed by atoms with van der Waals surface area (Å²) in [6.45, 7) is 0.768. The van der Waals surface area contributed by atoms with Crippen molar-refractivity contribution in [2.75, 3.05) is 6.54 Å². The molecular formula is C13H21N3. The highest BCUT2D eigenvalue weighted by Gasteiger charge is 2.39. The fraction of sp³-hybridized carbons (Fsp3) is 0.769. The summed E-state index contributed by atoms with van der Waals surface area (Å²) in [6, 6.07) is 0. The van der Waals surface area contributed by atoms with Gasteiger partial charge in [0.25, 0.3) is 0 Å². The molecule has 3 heteroatoms. The van der Waals surface area contributed by atoms with Gasteiger partial charge >= 0.3 is 0 Å². The summed E-state index contributed by atoms with van der Waals surface area (Å²) >= 11 is 0. The van der Waals surface area contributed by atoms with Crippen LogP contribution in [0.15, 0.2) is 0 Å². The van der Waals surface area contributed by atoms with E-state index >= 15 is 0 Å². The second-order valence-corrected chi connectivity index (χ2v) is 5.43. The monoisotopic (exact) mass is 219 g/mol. The zero-order valence-corrected chi connectivity index (χ0v) is 9.89. The first-order chi connectivity index (χ1) is 7.86. The lowest BCUT2D eigenvalue weighted by Gasteiger charge is -2.27. The van der Waals surface area contributed by atoms with Crippen LogP contribution >= 0.6 is 0 Å². The van der Waals surface area contributed by atoms with Gasteiger partial charge < -0.3 is 5.73 Å². The highest BCUT2D eigenvalue weighted by atomic mass is 15.1. The van der Waals surface area contributed by atoms with E-state index in [1.807, 2.05) is 0 Å². The van der Waals surface area contributed by atoms with Crippen molar-refractivity contribution in [2.45, 2.75) is 56.8 Å². The highest BCUT2D eigenvalue weighted by Crippen LogP contribution is 2.42. The number of aromatic nitrogens is 2. The number of hydrogen-bond donors (Lipinski definition) is 2. The Morgan fingerprint density at radius 1 is 1.12 bits per heavy atom. The fourth-order valence-electron chi connectivity index (χ4n) is 3.51. The number of aryl methyl sites for hydroxylation is 1. The molecule has 1 aromatic heterocycles. The first-order valence-corrected chi connectivity index (χ1v) is 6.62. The maximum Gasteiger partial charge on any atom is 0.0731 e. The number of fused-ring (bicyclic) bond motifs is 1. The van der Waals surface area contributed by atoms with Crippen LogP contribution in [0.2, 0.25) is 0 Å². The van der Waals surface area contributed by atoms with Crippen molar-refractivity contribution in [3.63, 3.8) is 0 Å². The molecule has 0 aromatic carbocycles. The van der Waals surface area contributed by atoms with E-state index in [-0.39, 0.29) is 5.41 Å². The van der Waals surface area contributed by atoms with Gasteiger partial charge in [0, 0.05) is 17.7 Å².